The van der Waals surface area contributed by atoms with Crippen LogP contribution in [0.4, 0.5) is 13.2 Å². The van der Waals surface area contributed by atoms with Gasteiger partial charge in [-0.25, -0.2) is 0 Å². The van der Waals surface area contributed by atoms with Crippen LogP contribution in [0.5, 0.6) is 0 Å². The summed E-state index contributed by atoms with van der Waals surface area (Å²) in [5.74, 6) is 0. The van der Waals surface area contributed by atoms with E-state index in [4.69, 9.17) is 10.5 Å². The van der Waals surface area contributed by atoms with Gasteiger partial charge in [0.25, 0.3) is 0 Å². The van der Waals surface area contributed by atoms with Crippen molar-refractivity contribution in [2.75, 3.05) is 13.2 Å². The summed E-state index contributed by atoms with van der Waals surface area (Å²) in [6.45, 7) is 0.0714. The Morgan fingerprint density at radius 2 is 1.83 bits per heavy atom. The maximum Gasteiger partial charge on any atom is 0.414 e. The zero-order valence-electron chi connectivity index (χ0n) is 10.1. The van der Waals surface area contributed by atoms with Crippen LogP contribution in [0.25, 0.3) is 0 Å². The summed E-state index contributed by atoms with van der Waals surface area (Å²) in [4.78, 5) is 0. The van der Waals surface area contributed by atoms with Crippen molar-refractivity contribution in [3.8, 4) is 0 Å². The van der Waals surface area contributed by atoms with Crippen molar-refractivity contribution in [2.24, 2.45) is 5.73 Å². The first kappa shape index (κ1) is 15.0. The van der Waals surface area contributed by atoms with Gasteiger partial charge in [0.2, 0.25) is 0 Å². The Labute approximate surface area is 105 Å². The monoisotopic (exact) mass is 261 g/mol. The van der Waals surface area contributed by atoms with Gasteiger partial charge in [-0.05, 0) is 31.4 Å². The average Bonchev–Trinajstić information content (AvgIpc) is 2.33. The Morgan fingerprint density at radius 3 is 2.39 bits per heavy atom. The third-order valence-corrected chi connectivity index (χ3v) is 2.57. The normalized spacial score (nSPS) is 13.6. The van der Waals surface area contributed by atoms with Gasteiger partial charge in [-0.3, -0.25) is 0 Å². The summed E-state index contributed by atoms with van der Waals surface area (Å²) in [7, 11) is 0. The summed E-state index contributed by atoms with van der Waals surface area (Å²) in [5.41, 5.74) is 6.24. The Morgan fingerprint density at radius 1 is 1.17 bits per heavy atom. The highest BCUT2D eigenvalue weighted by molar-refractivity contribution is 5.14. The molecular weight excluding hydrogens is 243 g/mol. The topological polar surface area (TPSA) is 35.2 Å². The Balaban J connectivity index is 2.27. The lowest BCUT2D eigenvalue weighted by atomic mass is 10.1. The molecule has 0 saturated heterocycles. The molecule has 1 atom stereocenters. The summed E-state index contributed by atoms with van der Waals surface area (Å²) in [6, 6.07) is 9.61. The van der Waals surface area contributed by atoms with Gasteiger partial charge in [-0.1, -0.05) is 30.3 Å². The third kappa shape index (κ3) is 5.51. The number of hydrogen-bond acceptors (Lipinski definition) is 2. The molecule has 1 aromatic rings. The number of benzene rings is 1. The van der Waals surface area contributed by atoms with Crippen molar-refractivity contribution in [3.05, 3.63) is 35.9 Å². The van der Waals surface area contributed by atoms with E-state index in [1.54, 1.807) is 0 Å². The molecule has 0 saturated carbocycles. The van der Waals surface area contributed by atoms with E-state index in [0.29, 0.717) is 12.8 Å². The highest BCUT2D eigenvalue weighted by atomic mass is 19.4. The highest BCUT2D eigenvalue weighted by Gasteiger charge is 2.39. The molecule has 1 rings (SSSR count). The SMILES string of the molecule is NCCC(OCCCc1ccccc1)C(F)(F)F. The van der Waals surface area contributed by atoms with Gasteiger partial charge in [0.15, 0.2) is 6.10 Å². The van der Waals surface area contributed by atoms with Gasteiger partial charge in [-0.2, -0.15) is 13.2 Å². The lowest BCUT2D eigenvalue weighted by Crippen LogP contribution is -2.34. The Bertz CT molecular complexity index is 327. The summed E-state index contributed by atoms with van der Waals surface area (Å²) < 4.78 is 42.3. The molecule has 0 spiro atoms. The number of aryl methyl sites for hydroxylation is 1. The van der Waals surface area contributed by atoms with E-state index in [0.717, 1.165) is 5.56 Å². The van der Waals surface area contributed by atoms with Gasteiger partial charge in [-0.15, -0.1) is 0 Å². The van der Waals surface area contributed by atoms with Crippen LogP contribution in [0.3, 0.4) is 0 Å². The van der Waals surface area contributed by atoms with Crippen LogP contribution in [0.2, 0.25) is 0 Å². The molecule has 2 nitrogen and oxygen atoms in total. The number of rotatable bonds is 7. The van der Waals surface area contributed by atoms with Crippen LogP contribution in [0.1, 0.15) is 18.4 Å². The standard InChI is InChI=1S/C13H18F3NO/c14-13(15,16)12(8-9-17)18-10-4-7-11-5-2-1-3-6-11/h1-3,5-6,12H,4,7-10,17H2. The first-order valence-corrected chi connectivity index (χ1v) is 5.96. The highest BCUT2D eigenvalue weighted by Crippen LogP contribution is 2.25. The zero-order chi connectivity index (χ0) is 13.4. The molecule has 0 radical (unpaired) electrons. The number of ether oxygens (including phenoxy) is 1. The molecule has 5 heteroatoms. The van der Waals surface area contributed by atoms with Crippen LogP contribution < -0.4 is 5.73 Å². The predicted octanol–water partition coefficient (Wildman–Crippen LogP) is 2.92. The van der Waals surface area contributed by atoms with E-state index in [9.17, 15) is 13.2 Å². The van der Waals surface area contributed by atoms with Crippen LogP contribution in [-0.2, 0) is 11.2 Å². The van der Waals surface area contributed by atoms with Gasteiger partial charge in [0.05, 0.1) is 0 Å². The van der Waals surface area contributed by atoms with Crippen molar-refractivity contribution in [2.45, 2.75) is 31.5 Å². The van der Waals surface area contributed by atoms with Crippen LogP contribution in [0, 0.1) is 0 Å². The fourth-order valence-electron chi connectivity index (χ4n) is 1.64. The molecule has 0 aliphatic rings. The number of alkyl halides is 3. The molecule has 0 aliphatic carbocycles. The Hall–Kier alpha value is -1.07. The maximum atomic E-state index is 12.5. The fraction of sp³-hybridized carbons (Fsp3) is 0.538. The first-order valence-electron chi connectivity index (χ1n) is 5.96. The predicted molar refractivity (Wildman–Crippen MR) is 64.2 cm³/mol. The number of hydrogen-bond donors (Lipinski definition) is 1. The van der Waals surface area contributed by atoms with E-state index in [1.807, 2.05) is 30.3 Å². The molecule has 0 bridgehead atoms. The largest absolute Gasteiger partial charge is 0.414 e. The lowest BCUT2D eigenvalue weighted by molar-refractivity contribution is -0.221. The van der Waals surface area contributed by atoms with Crippen LogP contribution >= 0.6 is 0 Å². The van der Waals surface area contributed by atoms with E-state index >= 15 is 0 Å². The molecule has 102 valence electrons. The number of halogens is 3. The van der Waals surface area contributed by atoms with Crippen molar-refractivity contribution < 1.29 is 17.9 Å². The number of nitrogens with two attached hydrogens (primary N) is 1. The average molecular weight is 261 g/mol. The smallest absolute Gasteiger partial charge is 0.369 e. The first-order chi connectivity index (χ1) is 8.54. The molecule has 0 fully saturated rings. The minimum absolute atomic E-state index is 0.0249. The third-order valence-electron chi connectivity index (χ3n) is 2.57. The Kier molecular flexibility index (Phi) is 6.15. The van der Waals surface area contributed by atoms with Gasteiger partial charge >= 0.3 is 6.18 Å². The molecule has 18 heavy (non-hydrogen) atoms. The van der Waals surface area contributed by atoms with E-state index < -0.39 is 12.3 Å². The molecule has 0 amide bonds. The van der Waals surface area contributed by atoms with Crippen molar-refractivity contribution >= 4 is 0 Å². The second-order valence-corrected chi connectivity index (χ2v) is 4.07. The molecule has 1 aromatic carbocycles. The molecule has 2 N–H and O–H groups in total. The second kappa shape index (κ2) is 7.38. The van der Waals surface area contributed by atoms with Crippen LogP contribution in [-0.4, -0.2) is 25.4 Å². The lowest BCUT2D eigenvalue weighted by Gasteiger charge is -2.20. The zero-order valence-corrected chi connectivity index (χ0v) is 10.1. The maximum absolute atomic E-state index is 12.5. The molecular formula is C13H18F3NO. The molecule has 0 aromatic heterocycles. The van der Waals surface area contributed by atoms with E-state index in [-0.39, 0.29) is 19.6 Å². The molecule has 0 heterocycles. The fourth-order valence-corrected chi connectivity index (χ4v) is 1.64. The second-order valence-electron chi connectivity index (χ2n) is 4.07. The minimum Gasteiger partial charge on any atom is -0.369 e. The summed E-state index contributed by atoms with van der Waals surface area (Å²) in [5, 5.41) is 0. The van der Waals surface area contributed by atoms with E-state index in [2.05, 4.69) is 0 Å². The van der Waals surface area contributed by atoms with Crippen LogP contribution in [0.15, 0.2) is 30.3 Å². The quantitative estimate of drug-likeness (QED) is 0.766. The van der Waals surface area contributed by atoms with Gasteiger partial charge in [0, 0.05) is 6.61 Å². The molecule has 0 aliphatic heterocycles. The van der Waals surface area contributed by atoms with Crippen molar-refractivity contribution in [3.63, 3.8) is 0 Å². The van der Waals surface area contributed by atoms with Crippen molar-refractivity contribution in [1.29, 1.82) is 0 Å². The molecule has 1 unspecified atom stereocenters. The summed E-state index contributed by atoms with van der Waals surface area (Å²) in [6.07, 6.45) is -4.96. The van der Waals surface area contributed by atoms with Crippen molar-refractivity contribution in [1.82, 2.24) is 0 Å². The minimum atomic E-state index is -4.33. The summed E-state index contributed by atoms with van der Waals surface area (Å²) >= 11 is 0. The van der Waals surface area contributed by atoms with Gasteiger partial charge in [0.1, 0.15) is 0 Å². The van der Waals surface area contributed by atoms with Gasteiger partial charge < -0.3 is 10.5 Å². The van der Waals surface area contributed by atoms with E-state index in [1.165, 1.54) is 0 Å².